The van der Waals surface area contributed by atoms with Gasteiger partial charge in [0.25, 0.3) is 0 Å². The van der Waals surface area contributed by atoms with Crippen LogP contribution in [0.4, 0.5) is 0 Å². The molecule has 0 aromatic carbocycles. The summed E-state index contributed by atoms with van der Waals surface area (Å²) in [6, 6.07) is 0. The molecule has 0 bridgehead atoms. The maximum atomic E-state index is 2.36. The predicted molar refractivity (Wildman–Crippen MR) is 92.2 cm³/mol. The first-order valence-corrected chi connectivity index (χ1v) is 24.8. The summed E-state index contributed by atoms with van der Waals surface area (Å²) in [7, 11) is 0. The van der Waals surface area contributed by atoms with Gasteiger partial charge in [-0.25, -0.2) is 0 Å². The van der Waals surface area contributed by atoms with Crippen molar-refractivity contribution in [3.63, 3.8) is 0 Å². The maximum absolute atomic E-state index is 2.36. The average molecular weight is 522 g/mol. The molecule has 0 aromatic heterocycles. The van der Waals surface area contributed by atoms with E-state index in [2.05, 4.69) is 42.5 Å². The molecular formula is C16H36FeSn2+2. The van der Waals surface area contributed by atoms with Crippen LogP contribution < -0.4 is 0 Å². The van der Waals surface area contributed by atoms with Crippen LogP contribution in [0.15, 0.2) is 0 Å². The Morgan fingerprint density at radius 3 is 0.737 bits per heavy atom. The zero-order valence-corrected chi connectivity index (χ0v) is 21.0. The molecule has 0 nitrogen and oxygen atoms in total. The van der Waals surface area contributed by atoms with Crippen molar-refractivity contribution < 1.29 is 17.1 Å². The van der Waals surface area contributed by atoms with Gasteiger partial charge in [-0.3, -0.25) is 0 Å². The summed E-state index contributed by atoms with van der Waals surface area (Å²) in [5, 5.41) is 0. The summed E-state index contributed by atoms with van der Waals surface area (Å²) >= 11 is -1.09. The summed E-state index contributed by atoms with van der Waals surface area (Å²) in [6.07, 6.45) is 16.0. The van der Waals surface area contributed by atoms with Gasteiger partial charge in [0.15, 0.2) is 0 Å². The van der Waals surface area contributed by atoms with E-state index in [-0.39, 0.29) is 17.1 Å². The second-order valence-electron chi connectivity index (χ2n) is 6.15. The van der Waals surface area contributed by atoms with E-state index in [9.17, 15) is 0 Å². The van der Waals surface area contributed by atoms with Crippen LogP contribution in [-0.2, 0) is 17.1 Å². The largest absolute Gasteiger partial charge is 2.00 e. The van der Waals surface area contributed by atoms with Crippen LogP contribution in [0.1, 0.15) is 51.4 Å². The topological polar surface area (TPSA) is 0 Å². The van der Waals surface area contributed by atoms with Crippen molar-refractivity contribution in [1.29, 1.82) is 0 Å². The fourth-order valence-electron chi connectivity index (χ4n) is 1.44. The molecule has 19 heavy (non-hydrogen) atoms. The third-order valence-corrected chi connectivity index (χ3v) is 2.13. The molecule has 0 radical (unpaired) electrons. The van der Waals surface area contributed by atoms with Crippen LogP contribution in [0.25, 0.3) is 0 Å². The molecule has 0 unspecified atom stereocenters. The number of hydrogen-bond acceptors (Lipinski definition) is 0. The molecule has 0 amide bonds. The molecule has 3 heteroatoms. The zero-order chi connectivity index (χ0) is 14.2. The Balaban J connectivity index is -0.000000178. The van der Waals surface area contributed by atoms with Crippen LogP contribution in [0.3, 0.4) is 0 Å². The van der Waals surface area contributed by atoms with Crippen molar-refractivity contribution in [1.82, 2.24) is 0 Å². The number of rotatable bonds is 0. The first-order chi connectivity index (χ1) is 8.46. The molecule has 0 aliphatic heterocycles. The summed E-state index contributed by atoms with van der Waals surface area (Å²) in [5.74, 6) is 0. The van der Waals surface area contributed by atoms with Crippen molar-refractivity contribution in [2.75, 3.05) is 0 Å². The van der Waals surface area contributed by atoms with Crippen molar-refractivity contribution in [2.45, 2.75) is 81.0 Å². The Hall–Kier alpha value is 2.12. The normalized spacial score (nSPS) is 15.5. The third-order valence-electron chi connectivity index (χ3n) is 2.13. The van der Waals surface area contributed by atoms with Gasteiger partial charge in [0.1, 0.15) is 0 Å². The van der Waals surface area contributed by atoms with Crippen LogP contribution in [0.5, 0.6) is 0 Å². The Labute approximate surface area is 149 Å². The second-order valence-corrected chi connectivity index (χ2v) is 23.3. The summed E-state index contributed by atoms with van der Waals surface area (Å²) < 4.78 is 0. The van der Waals surface area contributed by atoms with Crippen molar-refractivity contribution in [3.05, 3.63) is 12.8 Å². The molecule has 114 valence electrons. The van der Waals surface area contributed by atoms with Crippen LogP contribution in [0, 0.1) is 12.8 Å². The van der Waals surface area contributed by atoms with Gasteiger partial charge in [-0.2, -0.15) is 25.7 Å². The molecule has 0 N–H and O–H groups in total. The van der Waals surface area contributed by atoms with E-state index < -0.39 is 39.5 Å². The Morgan fingerprint density at radius 2 is 0.684 bits per heavy atom. The fraction of sp³-hybridized carbons (Fsp3) is 0.875. The molecule has 0 atom stereocenters. The molecule has 0 heterocycles. The first kappa shape index (κ1) is 26.0. The van der Waals surface area contributed by atoms with Crippen molar-refractivity contribution in [3.8, 4) is 0 Å². The first-order valence-electron chi connectivity index (χ1n) is 7.63. The molecule has 0 spiro atoms. The molecule has 2 rings (SSSR count). The Kier molecular flexibility index (Phi) is 30.7. The monoisotopic (exact) mass is 524 g/mol. The van der Waals surface area contributed by atoms with E-state index >= 15 is 0 Å². The van der Waals surface area contributed by atoms with Gasteiger partial charge in [-0.05, 0) is 0 Å². The molecule has 2 aliphatic rings. The van der Waals surface area contributed by atoms with Crippen LogP contribution in [0.2, 0.25) is 29.6 Å². The minimum Gasteiger partial charge on any atom is 2.00 e. The van der Waals surface area contributed by atoms with Crippen LogP contribution in [-0.4, -0.2) is 39.5 Å². The summed E-state index contributed by atoms with van der Waals surface area (Å²) in [4.78, 5) is 14.2. The quantitative estimate of drug-likeness (QED) is 0.260. The smallest absolute Gasteiger partial charge is 2.00 e. The van der Waals surface area contributed by atoms with E-state index in [1.165, 1.54) is 51.4 Å². The second kappa shape index (κ2) is 22.4. The van der Waals surface area contributed by atoms with E-state index in [0.29, 0.717) is 0 Å². The van der Waals surface area contributed by atoms with Gasteiger partial charge in [0.05, 0.1) is 0 Å². The number of hydrogen-bond donors (Lipinski definition) is 0. The van der Waals surface area contributed by atoms with Gasteiger partial charge >= 0.3 is 86.2 Å². The SMILES string of the molecule is [CH-]1CCCC1.[CH-]1CCCC1.[CH3][Sn+]([CH3])[CH3].[CH3][Sn+]([CH3])[CH3].[Fe+2]. The van der Waals surface area contributed by atoms with Crippen molar-refractivity contribution in [2.24, 2.45) is 0 Å². The van der Waals surface area contributed by atoms with Gasteiger partial charge in [0.2, 0.25) is 0 Å². The molecule has 2 fully saturated rings. The van der Waals surface area contributed by atoms with E-state index in [1.54, 1.807) is 0 Å². The van der Waals surface area contributed by atoms with Gasteiger partial charge in [-0.1, -0.05) is 25.7 Å². The van der Waals surface area contributed by atoms with E-state index in [0.717, 1.165) is 0 Å². The van der Waals surface area contributed by atoms with Crippen molar-refractivity contribution >= 4 is 39.5 Å². The fourth-order valence-corrected chi connectivity index (χ4v) is 1.44. The summed E-state index contributed by atoms with van der Waals surface area (Å²) in [6.45, 7) is 0. The zero-order valence-electron chi connectivity index (χ0n) is 14.2. The Morgan fingerprint density at radius 1 is 0.526 bits per heavy atom. The van der Waals surface area contributed by atoms with E-state index in [4.69, 9.17) is 0 Å². The average Bonchev–Trinajstić information content (AvgIpc) is 2.96. The molecule has 0 saturated heterocycles. The predicted octanol–water partition coefficient (Wildman–Crippen LogP) is 6.27. The molecule has 0 aromatic rings. The van der Waals surface area contributed by atoms with Gasteiger partial charge in [-0.15, -0.1) is 0 Å². The van der Waals surface area contributed by atoms with Crippen LogP contribution >= 0.6 is 0 Å². The van der Waals surface area contributed by atoms with Gasteiger partial charge in [0, 0.05) is 0 Å². The molecule has 2 aliphatic carbocycles. The third kappa shape index (κ3) is 45.0. The standard InChI is InChI=1S/2C5H9.6CH3.Fe.2Sn/c2*1-2-4-5-3-1;;;;;;;;;/h2*1H,2-5H2;6*1H3;;;/q2*-1;;;;;;;+2;2*+1. The van der Waals surface area contributed by atoms with E-state index in [1.807, 2.05) is 0 Å². The molecule has 2 saturated carbocycles. The van der Waals surface area contributed by atoms with Gasteiger partial charge < -0.3 is 12.8 Å². The Bertz CT molecular complexity index is 94.0. The summed E-state index contributed by atoms with van der Waals surface area (Å²) in [5.41, 5.74) is 0. The minimum absolute atomic E-state index is 0. The minimum atomic E-state index is -0.543. The maximum Gasteiger partial charge on any atom is 2.00 e. The molecular weight excluding hydrogens is 485 g/mol.